The maximum absolute atomic E-state index is 11.7. The number of esters is 1. The van der Waals surface area contributed by atoms with Gasteiger partial charge in [-0.3, -0.25) is 0 Å². The average molecular weight is 401 g/mol. The number of benzene rings is 1. The summed E-state index contributed by atoms with van der Waals surface area (Å²) < 4.78 is 15.9. The predicted molar refractivity (Wildman–Crippen MR) is 113 cm³/mol. The number of carbonyl (C=O) groups excluding carboxylic acids is 1. The van der Waals surface area contributed by atoms with Crippen LogP contribution in [0.4, 0.5) is 0 Å². The molecule has 0 amide bonds. The van der Waals surface area contributed by atoms with Crippen LogP contribution in [0.2, 0.25) is 0 Å². The number of carbonyl (C=O) groups is 1. The van der Waals surface area contributed by atoms with Crippen LogP contribution >= 0.6 is 0 Å². The molecule has 0 N–H and O–H groups in total. The third-order valence-electron chi connectivity index (χ3n) is 4.66. The second-order valence-electron chi connectivity index (χ2n) is 7.04. The molecule has 0 fully saturated rings. The molecule has 1 heterocycles. The second-order valence-corrected chi connectivity index (χ2v) is 7.04. The van der Waals surface area contributed by atoms with Crippen LogP contribution in [0.3, 0.4) is 0 Å². The first-order valence-corrected chi connectivity index (χ1v) is 10.4. The van der Waals surface area contributed by atoms with Crippen LogP contribution in [0.5, 0.6) is 11.5 Å². The summed E-state index contributed by atoms with van der Waals surface area (Å²) in [7, 11) is 1.47. The molecule has 0 aliphatic carbocycles. The van der Waals surface area contributed by atoms with Crippen molar-refractivity contribution in [1.29, 1.82) is 0 Å². The Hall–Kier alpha value is -2.47. The van der Waals surface area contributed by atoms with Gasteiger partial charge in [0.25, 0.3) is 0 Å². The molecule has 0 aliphatic rings. The molecule has 6 heteroatoms. The summed E-state index contributed by atoms with van der Waals surface area (Å²) in [5.41, 5.74) is 0.836. The highest BCUT2D eigenvalue weighted by Gasteiger charge is 2.14. The van der Waals surface area contributed by atoms with E-state index in [-0.39, 0.29) is 0 Å². The maximum Gasteiger partial charge on any atom is 0.340 e. The van der Waals surface area contributed by atoms with E-state index in [1.807, 2.05) is 12.1 Å². The van der Waals surface area contributed by atoms with Gasteiger partial charge in [-0.05, 0) is 37.6 Å². The summed E-state index contributed by atoms with van der Waals surface area (Å²) in [5.74, 6) is 1.30. The number of aromatic nitrogens is 2. The molecule has 1 unspecified atom stereocenters. The quantitative estimate of drug-likeness (QED) is 0.261. The Balaban J connectivity index is 1.76. The van der Waals surface area contributed by atoms with Gasteiger partial charge >= 0.3 is 5.97 Å². The minimum absolute atomic E-state index is 0.432. The Morgan fingerprint density at radius 1 is 0.931 bits per heavy atom. The van der Waals surface area contributed by atoms with E-state index >= 15 is 0 Å². The van der Waals surface area contributed by atoms with E-state index < -0.39 is 12.1 Å². The van der Waals surface area contributed by atoms with E-state index in [9.17, 15) is 4.79 Å². The highest BCUT2D eigenvalue weighted by molar-refractivity contribution is 5.77. The molecule has 0 saturated carbocycles. The summed E-state index contributed by atoms with van der Waals surface area (Å²) >= 11 is 0. The monoisotopic (exact) mass is 400 g/mol. The van der Waals surface area contributed by atoms with E-state index in [4.69, 9.17) is 14.2 Å². The van der Waals surface area contributed by atoms with Gasteiger partial charge < -0.3 is 14.2 Å². The molecule has 158 valence electrons. The fraction of sp³-hybridized carbons (Fsp3) is 0.522. The third-order valence-corrected chi connectivity index (χ3v) is 4.66. The van der Waals surface area contributed by atoms with Gasteiger partial charge in [-0.25, -0.2) is 14.8 Å². The topological polar surface area (TPSA) is 70.5 Å². The molecule has 0 aliphatic heterocycles. The number of hydrogen-bond donors (Lipinski definition) is 0. The number of ether oxygens (including phenoxy) is 3. The molecule has 2 rings (SSSR count). The van der Waals surface area contributed by atoms with Gasteiger partial charge in [-0.15, -0.1) is 0 Å². The lowest BCUT2D eigenvalue weighted by Crippen LogP contribution is -2.24. The molecule has 1 atom stereocenters. The van der Waals surface area contributed by atoms with Crippen molar-refractivity contribution in [3.05, 3.63) is 36.7 Å². The van der Waals surface area contributed by atoms with Gasteiger partial charge in [0.2, 0.25) is 0 Å². The normalized spacial score (nSPS) is 11.8. The molecular weight excluding hydrogens is 368 g/mol. The van der Waals surface area contributed by atoms with Crippen LogP contribution in [0.15, 0.2) is 36.7 Å². The van der Waals surface area contributed by atoms with Gasteiger partial charge in [0.1, 0.15) is 5.75 Å². The minimum Gasteiger partial charge on any atom is -0.490 e. The van der Waals surface area contributed by atoms with E-state index in [0.717, 1.165) is 12.0 Å². The lowest BCUT2D eigenvalue weighted by molar-refractivity contribution is -0.144. The van der Waals surface area contributed by atoms with Crippen molar-refractivity contribution < 1.29 is 19.0 Å². The lowest BCUT2D eigenvalue weighted by Gasteiger charge is -2.09. The van der Waals surface area contributed by atoms with Crippen molar-refractivity contribution in [2.24, 2.45) is 0 Å². The van der Waals surface area contributed by atoms with Gasteiger partial charge in [0.05, 0.1) is 19.0 Å². The molecule has 0 bridgehead atoms. The molecule has 29 heavy (non-hydrogen) atoms. The van der Waals surface area contributed by atoms with Crippen LogP contribution in [0.1, 0.15) is 58.8 Å². The van der Waals surface area contributed by atoms with E-state index in [0.29, 0.717) is 23.9 Å². The third kappa shape index (κ3) is 8.20. The second kappa shape index (κ2) is 12.9. The Bertz CT molecular complexity index is 717. The van der Waals surface area contributed by atoms with Crippen LogP contribution in [0.25, 0.3) is 11.4 Å². The summed E-state index contributed by atoms with van der Waals surface area (Å²) in [6.45, 7) is 4.57. The lowest BCUT2D eigenvalue weighted by atomic mass is 10.1. The zero-order chi connectivity index (χ0) is 20.9. The Morgan fingerprint density at radius 3 is 2.17 bits per heavy atom. The van der Waals surface area contributed by atoms with Gasteiger partial charge in [0.15, 0.2) is 17.7 Å². The zero-order valence-electron chi connectivity index (χ0n) is 17.7. The Labute approximate surface area is 173 Å². The molecule has 0 spiro atoms. The summed E-state index contributed by atoms with van der Waals surface area (Å²) in [4.78, 5) is 20.5. The standard InChI is InChI=1S/C23H32N2O4/c1-4-5-6-7-8-9-10-15-28-21-16-24-22(25-17-21)19-11-13-20(14-12-19)29-23(26)18(2)27-3/h11-14,16-18H,4-10,15H2,1-3H3. The molecular formula is C23H32N2O4. The van der Waals surface area contributed by atoms with Gasteiger partial charge in [-0.2, -0.15) is 0 Å². The first-order chi connectivity index (χ1) is 14.1. The first-order valence-electron chi connectivity index (χ1n) is 10.4. The number of hydrogen-bond acceptors (Lipinski definition) is 6. The molecule has 0 radical (unpaired) electrons. The van der Waals surface area contributed by atoms with Crippen LogP contribution < -0.4 is 9.47 Å². The minimum atomic E-state index is -0.605. The summed E-state index contributed by atoms with van der Waals surface area (Å²) in [5, 5.41) is 0. The van der Waals surface area contributed by atoms with Crippen LogP contribution in [-0.2, 0) is 9.53 Å². The number of rotatable bonds is 13. The maximum atomic E-state index is 11.7. The molecule has 0 saturated heterocycles. The number of nitrogens with zero attached hydrogens (tertiary/aromatic N) is 2. The number of methoxy groups -OCH3 is 1. The Kier molecular flexibility index (Phi) is 10.1. The predicted octanol–water partition coefficient (Wildman–Crippen LogP) is 5.21. The Morgan fingerprint density at radius 2 is 1.55 bits per heavy atom. The highest BCUT2D eigenvalue weighted by Crippen LogP contribution is 2.21. The fourth-order valence-corrected chi connectivity index (χ4v) is 2.76. The largest absolute Gasteiger partial charge is 0.490 e. The smallest absolute Gasteiger partial charge is 0.340 e. The SMILES string of the molecule is CCCCCCCCCOc1cnc(-c2ccc(OC(=O)C(C)OC)cc2)nc1. The van der Waals surface area contributed by atoms with Crippen molar-refractivity contribution in [2.75, 3.05) is 13.7 Å². The zero-order valence-corrected chi connectivity index (χ0v) is 17.7. The average Bonchev–Trinajstić information content (AvgIpc) is 2.76. The van der Waals surface area contributed by atoms with Crippen LogP contribution in [-0.4, -0.2) is 35.8 Å². The first kappa shape index (κ1) is 22.8. The summed E-state index contributed by atoms with van der Waals surface area (Å²) in [6, 6.07) is 7.05. The van der Waals surface area contributed by atoms with Crippen molar-refractivity contribution in [3.8, 4) is 22.9 Å². The van der Waals surface area contributed by atoms with E-state index in [1.165, 1.54) is 45.6 Å². The molecule has 1 aromatic carbocycles. The molecule has 1 aromatic heterocycles. The van der Waals surface area contributed by atoms with E-state index in [1.54, 1.807) is 31.5 Å². The highest BCUT2D eigenvalue weighted by atomic mass is 16.6. The van der Waals surface area contributed by atoms with Crippen molar-refractivity contribution in [1.82, 2.24) is 9.97 Å². The van der Waals surface area contributed by atoms with Gasteiger partial charge in [-0.1, -0.05) is 45.4 Å². The fourth-order valence-electron chi connectivity index (χ4n) is 2.76. The molecule has 6 nitrogen and oxygen atoms in total. The van der Waals surface area contributed by atoms with Crippen molar-refractivity contribution >= 4 is 5.97 Å². The molecule has 2 aromatic rings. The number of unbranched alkanes of at least 4 members (excludes halogenated alkanes) is 6. The van der Waals surface area contributed by atoms with E-state index in [2.05, 4.69) is 16.9 Å². The summed E-state index contributed by atoms with van der Waals surface area (Å²) in [6.07, 6.45) is 11.6. The van der Waals surface area contributed by atoms with Crippen molar-refractivity contribution in [3.63, 3.8) is 0 Å². The van der Waals surface area contributed by atoms with Crippen LogP contribution in [0, 0.1) is 0 Å². The van der Waals surface area contributed by atoms with Crippen molar-refractivity contribution in [2.45, 2.75) is 64.9 Å². The van der Waals surface area contributed by atoms with Gasteiger partial charge in [0, 0.05) is 12.7 Å².